The summed E-state index contributed by atoms with van der Waals surface area (Å²) < 4.78 is 15.3. The van der Waals surface area contributed by atoms with Crippen LogP contribution < -0.4 is 10.7 Å². The highest BCUT2D eigenvalue weighted by Gasteiger charge is 2.36. The van der Waals surface area contributed by atoms with Crippen LogP contribution in [0.1, 0.15) is 34.1 Å². The minimum Gasteiger partial charge on any atom is -0.465 e. The molecule has 0 aromatic carbocycles. The number of hydrogen-bond donors (Lipinski definition) is 2. The summed E-state index contributed by atoms with van der Waals surface area (Å²) in [7, 11) is 0. The lowest BCUT2D eigenvalue weighted by Gasteiger charge is -2.30. The van der Waals surface area contributed by atoms with Gasteiger partial charge in [0.15, 0.2) is 0 Å². The Morgan fingerprint density at radius 1 is 1.38 bits per heavy atom. The fourth-order valence-electron chi connectivity index (χ4n) is 2.24. The van der Waals surface area contributed by atoms with E-state index in [2.05, 4.69) is 10.7 Å². The van der Waals surface area contributed by atoms with E-state index in [4.69, 9.17) is 14.2 Å². The monoisotopic (exact) mass is 391 g/mol. The molecule has 0 saturated carbocycles. The van der Waals surface area contributed by atoms with Crippen molar-refractivity contribution in [2.75, 3.05) is 31.8 Å². The average molecular weight is 391 g/mol. The highest BCUT2D eigenvalue weighted by Crippen LogP contribution is 2.12. The summed E-state index contributed by atoms with van der Waals surface area (Å²) in [5, 5.41) is 3.93. The van der Waals surface area contributed by atoms with Gasteiger partial charge in [-0.1, -0.05) is 0 Å². The third-order valence-corrected chi connectivity index (χ3v) is 3.98. The Hall–Kier alpha value is -1.68. The normalized spacial score (nSPS) is 16.7. The number of esters is 1. The number of amides is 2. The smallest absolute Gasteiger partial charge is 0.424 e. The van der Waals surface area contributed by atoms with Crippen LogP contribution in [0.2, 0.25) is 0 Å². The van der Waals surface area contributed by atoms with Gasteiger partial charge < -0.3 is 19.5 Å². The summed E-state index contributed by atoms with van der Waals surface area (Å²) >= 11 is 1.58. The Bertz CT molecular complexity index is 497. The first-order valence-electron chi connectivity index (χ1n) is 8.53. The zero-order chi connectivity index (χ0) is 19.7. The molecule has 2 N–H and O–H groups in total. The van der Waals surface area contributed by atoms with E-state index in [0.29, 0.717) is 18.7 Å². The molecule has 1 aliphatic rings. The van der Waals surface area contributed by atoms with E-state index in [-0.39, 0.29) is 13.2 Å². The Morgan fingerprint density at radius 2 is 2.08 bits per heavy atom. The van der Waals surface area contributed by atoms with Crippen molar-refractivity contribution >= 4 is 29.9 Å². The van der Waals surface area contributed by atoms with Crippen LogP contribution in [0.15, 0.2) is 0 Å². The van der Waals surface area contributed by atoms with E-state index in [1.165, 1.54) is 5.01 Å². The third kappa shape index (κ3) is 7.69. The van der Waals surface area contributed by atoms with Crippen LogP contribution >= 0.6 is 11.8 Å². The van der Waals surface area contributed by atoms with E-state index in [9.17, 15) is 14.4 Å². The Balaban J connectivity index is 2.92. The lowest BCUT2D eigenvalue weighted by Crippen LogP contribution is -2.60. The fraction of sp³-hybridized carbons (Fsp3) is 0.812. The molecule has 150 valence electrons. The second-order valence-corrected chi connectivity index (χ2v) is 7.64. The largest absolute Gasteiger partial charge is 0.465 e. The molecular formula is C16H29N3O6S. The zero-order valence-corrected chi connectivity index (χ0v) is 16.8. The molecule has 0 radical (unpaired) electrons. The van der Waals surface area contributed by atoms with Crippen molar-refractivity contribution in [2.24, 2.45) is 0 Å². The Morgan fingerprint density at radius 3 is 2.58 bits per heavy atom. The van der Waals surface area contributed by atoms with Gasteiger partial charge >= 0.3 is 18.2 Å². The van der Waals surface area contributed by atoms with Gasteiger partial charge in [-0.3, -0.25) is 4.79 Å². The molecule has 1 heterocycles. The van der Waals surface area contributed by atoms with Crippen molar-refractivity contribution in [3.8, 4) is 0 Å². The zero-order valence-electron chi connectivity index (χ0n) is 16.0. The number of hydrogen-bond acceptors (Lipinski definition) is 8. The Kier molecular flexibility index (Phi) is 9.00. The molecule has 1 saturated heterocycles. The van der Waals surface area contributed by atoms with Crippen molar-refractivity contribution in [1.29, 1.82) is 0 Å². The number of cyclic esters (lactones) is 1. The molecule has 10 heteroatoms. The van der Waals surface area contributed by atoms with Crippen LogP contribution in [-0.2, 0) is 19.0 Å². The summed E-state index contributed by atoms with van der Waals surface area (Å²) in [6.07, 6.45) is 1.21. The lowest BCUT2D eigenvalue weighted by molar-refractivity contribution is -0.147. The molecule has 26 heavy (non-hydrogen) atoms. The molecule has 0 aliphatic carbocycles. The molecular weight excluding hydrogens is 362 g/mol. The number of carbonyl (C=O) groups is 3. The topological polar surface area (TPSA) is 106 Å². The first-order chi connectivity index (χ1) is 12.2. The molecule has 0 aromatic rings. The minimum absolute atomic E-state index is 0.184. The van der Waals surface area contributed by atoms with Gasteiger partial charge in [0.25, 0.3) is 0 Å². The first-order valence-corrected chi connectivity index (χ1v) is 9.93. The maximum absolute atomic E-state index is 12.4. The molecule has 1 rings (SSSR count). The Labute approximate surface area is 158 Å². The molecule has 0 bridgehead atoms. The van der Waals surface area contributed by atoms with Gasteiger partial charge in [-0.05, 0) is 46.1 Å². The quantitative estimate of drug-likeness (QED) is 0.450. The number of carbonyl (C=O) groups excluding carboxylic acids is 3. The summed E-state index contributed by atoms with van der Waals surface area (Å²) in [4.78, 5) is 36.3. The highest BCUT2D eigenvalue weighted by atomic mass is 32.2. The number of thioether (sulfide) groups is 1. The molecule has 2 atom stereocenters. The molecule has 1 fully saturated rings. The average Bonchev–Trinajstić information content (AvgIpc) is 2.92. The van der Waals surface area contributed by atoms with E-state index in [0.717, 1.165) is 0 Å². The number of alkyl carbamates (subject to hydrolysis) is 1. The van der Waals surface area contributed by atoms with Gasteiger partial charge in [-0.2, -0.15) is 11.8 Å². The molecule has 2 amide bonds. The SMILES string of the molecule is CCOC(=O)C(NN1CCOC1=O)C(CCSC)NC(=O)OC(C)(C)C. The highest BCUT2D eigenvalue weighted by molar-refractivity contribution is 7.98. The van der Waals surface area contributed by atoms with Gasteiger partial charge in [0, 0.05) is 0 Å². The second-order valence-electron chi connectivity index (χ2n) is 6.66. The van der Waals surface area contributed by atoms with E-state index < -0.39 is 35.8 Å². The number of hydrazine groups is 1. The standard InChI is InChI=1S/C16H29N3O6S/c1-6-23-13(20)12(18-19-8-9-24-15(19)22)11(7-10-26-5)17-14(21)25-16(2,3)4/h11-12,18H,6-10H2,1-5H3,(H,17,21). The van der Waals surface area contributed by atoms with E-state index in [1.807, 2.05) is 6.26 Å². The van der Waals surface area contributed by atoms with Crippen molar-refractivity contribution in [2.45, 2.75) is 51.8 Å². The lowest BCUT2D eigenvalue weighted by atomic mass is 10.1. The van der Waals surface area contributed by atoms with Crippen LogP contribution in [0.3, 0.4) is 0 Å². The van der Waals surface area contributed by atoms with E-state index in [1.54, 1.807) is 39.5 Å². The van der Waals surface area contributed by atoms with E-state index >= 15 is 0 Å². The predicted molar refractivity (Wildman–Crippen MR) is 97.8 cm³/mol. The third-order valence-electron chi connectivity index (χ3n) is 3.33. The van der Waals surface area contributed by atoms with Gasteiger partial charge in [0.05, 0.1) is 19.2 Å². The van der Waals surface area contributed by atoms with Crippen molar-refractivity contribution in [3.63, 3.8) is 0 Å². The first kappa shape index (κ1) is 22.4. The molecule has 0 spiro atoms. The van der Waals surface area contributed by atoms with Crippen LogP contribution in [0, 0.1) is 0 Å². The summed E-state index contributed by atoms with van der Waals surface area (Å²) in [5.74, 6) is 0.136. The summed E-state index contributed by atoms with van der Waals surface area (Å²) in [6, 6.07) is -1.56. The molecule has 9 nitrogen and oxygen atoms in total. The van der Waals surface area contributed by atoms with Gasteiger partial charge in [0.2, 0.25) is 0 Å². The fourth-order valence-corrected chi connectivity index (χ4v) is 2.73. The number of nitrogens with one attached hydrogen (secondary N) is 2. The second kappa shape index (κ2) is 10.5. The van der Waals surface area contributed by atoms with Crippen LogP contribution in [-0.4, -0.2) is 72.6 Å². The maximum Gasteiger partial charge on any atom is 0.424 e. The van der Waals surface area contributed by atoms with Crippen molar-refractivity contribution < 1.29 is 28.6 Å². The molecule has 2 unspecified atom stereocenters. The molecule has 0 aromatic heterocycles. The number of rotatable bonds is 9. The van der Waals surface area contributed by atoms with Gasteiger partial charge in [0.1, 0.15) is 18.2 Å². The van der Waals surface area contributed by atoms with Crippen LogP contribution in [0.4, 0.5) is 9.59 Å². The summed E-state index contributed by atoms with van der Waals surface area (Å²) in [5.41, 5.74) is 2.17. The van der Waals surface area contributed by atoms with Crippen LogP contribution in [0.25, 0.3) is 0 Å². The van der Waals surface area contributed by atoms with Gasteiger partial charge in [-0.25, -0.2) is 20.0 Å². The number of nitrogens with zero attached hydrogens (tertiary/aromatic N) is 1. The maximum atomic E-state index is 12.4. The van der Waals surface area contributed by atoms with Crippen molar-refractivity contribution in [1.82, 2.24) is 15.8 Å². The molecule has 1 aliphatic heterocycles. The summed E-state index contributed by atoms with van der Waals surface area (Å²) in [6.45, 7) is 7.67. The van der Waals surface area contributed by atoms with Crippen molar-refractivity contribution in [3.05, 3.63) is 0 Å². The minimum atomic E-state index is -0.944. The van der Waals surface area contributed by atoms with Gasteiger partial charge in [-0.15, -0.1) is 0 Å². The predicted octanol–water partition coefficient (Wildman–Crippen LogP) is 1.52. The number of ether oxygens (including phenoxy) is 3. The van der Waals surface area contributed by atoms with Crippen LogP contribution in [0.5, 0.6) is 0 Å².